The van der Waals surface area contributed by atoms with Gasteiger partial charge in [-0.05, 0) is 65.1 Å². The molecular formula is C15H24Br2N2O3. The van der Waals surface area contributed by atoms with Crippen molar-refractivity contribution in [3.8, 4) is 0 Å². The van der Waals surface area contributed by atoms with E-state index in [0.717, 1.165) is 23.1 Å². The summed E-state index contributed by atoms with van der Waals surface area (Å²) in [5.74, 6) is 0.831. The maximum Gasteiger partial charge on any atom is 0.407 e. The van der Waals surface area contributed by atoms with E-state index in [4.69, 9.17) is 9.15 Å². The summed E-state index contributed by atoms with van der Waals surface area (Å²) >= 11 is 6.71. The third kappa shape index (κ3) is 7.65. The maximum atomic E-state index is 11.7. The molecular weight excluding hydrogens is 416 g/mol. The Morgan fingerprint density at radius 2 is 2.09 bits per heavy atom. The number of hydrogen-bond acceptors (Lipinski definition) is 4. The number of halogens is 2. The third-order valence-electron chi connectivity index (χ3n) is 2.79. The summed E-state index contributed by atoms with van der Waals surface area (Å²) in [5.41, 5.74) is -0.482. The van der Waals surface area contributed by atoms with Crippen LogP contribution >= 0.6 is 31.9 Å². The lowest BCUT2D eigenvalue weighted by atomic mass is 10.1. The number of amides is 1. The summed E-state index contributed by atoms with van der Waals surface area (Å²) in [6.45, 7) is 8.78. The van der Waals surface area contributed by atoms with Crippen LogP contribution in [0.5, 0.6) is 0 Å². The van der Waals surface area contributed by atoms with E-state index in [2.05, 4.69) is 49.4 Å². The van der Waals surface area contributed by atoms with Gasteiger partial charge in [0.2, 0.25) is 0 Å². The highest BCUT2D eigenvalue weighted by atomic mass is 79.9. The van der Waals surface area contributed by atoms with Gasteiger partial charge < -0.3 is 19.8 Å². The van der Waals surface area contributed by atoms with Crippen molar-refractivity contribution >= 4 is 38.0 Å². The van der Waals surface area contributed by atoms with Crippen molar-refractivity contribution in [2.24, 2.45) is 0 Å². The lowest BCUT2D eigenvalue weighted by Crippen LogP contribution is -2.42. The van der Waals surface area contributed by atoms with Gasteiger partial charge in [-0.1, -0.05) is 13.3 Å². The van der Waals surface area contributed by atoms with E-state index >= 15 is 0 Å². The van der Waals surface area contributed by atoms with Crippen LogP contribution < -0.4 is 10.6 Å². The maximum absolute atomic E-state index is 11.7. The molecule has 0 spiro atoms. The lowest BCUT2D eigenvalue weighted by molar-refractivity contribution is 0.0521. The quantitative estimate of drug-likeness (QED) is 0.652. The predicted molar refractivity (Wildman–Crippen MR) is 93.9 cm³/mol. The standard InChI is InChI=1S/C15H24Br2N2O3/c1-5-6-10(8-19-14(20)22-15(2,3)4)18-9-11-7-12(16)13(17)21-11/h7,10,18H,5-6,8-9H2,1-4H3,(H,19,20). The highest BCUT2D eigenvalue weighted by molar-refractivity contribution is 9.13. The predicted octanol–water partition coefficient (Wildman–Crippen LogP) is 4.59. The fourth-order valence-corrected chi connectivity index (χ4v) is 2.53. The van der Waals surface area contributed by atoms with Crippen LogP contribution in [0.25, 0.3) is 0 Å². The Morgan fingerprint density at radius 3 is 2.59 bits per heavy atom. The number of hydrogen-bond donors (Lipinski definition) is 2. The van der Waals surface area contributed by atoms with Gasteiger partial charge in [-0.15, -0.1) is 0 Å². The molecule has 0 fully saturated rings. The first-order chi connectivity index (χ1) is 10.2. The van der Waals surface area contributed by atoms with Gasteiger partial charge in [0.25, 0.3) is 0 Å². The number of furan rings is 1. The van der Waals surface area contributed by atoms with Crippen LogP contribution in [0.15, 0.2) is 19.6 Å². The van der Waals surface area contributed by atoms with Crippen LogP contribution in [0, 0.1) is 0 Å². The molecule has 5 nitrogen and oxygen atoms in total. The summed E-state index contributed by atoms with van der Waals surface area (Å²) in [6.07, 6.45) is 1.59. The van der Waals surface area contributed by atoms with Crippen molar-refractivity contribution < 1.29 is 13.9 Å². The van der Waals surface area contributed by atoms with E-state index in [1.165, 1.54) is 0 Å². The Hall–Kier alpha value is -0.530. The second kappa shape index (κ2) is 8.93. The molecule has 0 aromatic carbocycles. The Balaban J connectivity index is 2.43. The molecule has 1 aromatic heterocycles. The number of carbonyl (C=O) groups is 1. The Bertz CT molecular complexity index is 464. The Labute approximate surface area is 148 Å². The zero-order chi connectivity index (χ0) is 16.8. The average molecular weight is 440 g/mol. The second-order valence-electron chi connectivity index (χ2n) is 6.08. The summed E-state index contributed by atoms with van der Waals surface area (Å²) in [6, 6.07) is 2.08. The van der Waals surface area contributed by atoms with Crippen molar-refractivity contribution in [3.63, 3.8) is 0 Å². The van der Waals surface area contributed by atoms with E-state index < -0.39 is 5.60 Å². The highest BCUT2D eigenvalue weighted by Crippen LogP contribution is 2.26. The van der Waals surface area contributed by atoms with Gasteiger partial charge in [-0.3, -0.25) is 0 Å². The molecule has 0 saturated carbocycles. The Morgan fingerprint density at radius 1 is 1.41 bits per heavy atom. The van der Waals surface area contributed by atoms with Crippen LogP contribution in [0.2, 0.25) is 0 Å². The molecule has 0 aliphatic rings. The molecule has 1 heterocycles. The first kappa shape index (κ1) is 19.5. The van der Waals surface area contributed by atoms with Crippen LogP contribution in [0.3, 0.4) is 0 Å². The van der Waals surface area contributed by atoms with Crippen molar-refractivity contribution in [1.82, 2.24) is 10.6 Å². The van der Waals surface area contributed by atoms with Gasteiger partial charge in [0.15, 0.2) is 4.67 Å². The topological polar surface area (TPSA) is 63.5 Å². The fraction of sp³-hybridized carbons (Fsp3) is 0.667. The molecule has 7 heteroatoms. The number of carbonyl (C=O) groups excluding carboxylic acids is 1. The van der Waals surface area contributed by atoms with E-state index in [-0.39, 0.29) is 12.1 Å². The zero-order valence-electron chi connectivity index (χ0n) is 13.5. The van der Waals surface area contributed by atoms with E-state index in [1.54, 1.807) is 0 Å². The lowest BCUT2D eigenvalue weighted by Gasteiger charge is -2.22. The second-order valence-corrected chi connectivity index (χ2v) is 7.66. The first-order valence-corrected chi connectivity index (χ1v) is 8.93. The summed E-state index contributed by atoms with van der Waals surface area (Å²) in [7, 11) is 0. The van der Waals surface area contributed by atoms with Crippen LogP contribution in [0.1, 0.15) is 46.3 Å². The van der Waals surface area contributed by atoms with Gasteiger partial charge in [0, 0.05) is 12.6 Å². The number of ether oxygens (including phenoxy) is 1. The fourth-order valence-electron chi connectivity index (χ4n) is 1.87. The monoisotopic (exact) mass is 438 g/mol. The molecule has 1 unspecified atom stereocenters. The minimum atomic E-state index is -0.482. The van der Waals surface area contributed by atoms with Crippen molar-refractivity contribution in [3.05, 3.63) is 21.0 Å². The molecule has 0 radical (unpaired) electrons. The molecule has 0 saturated heterocycles. The minimum absolute atomic E-state index is 0.167. The van der Waals surface area contributed by atoms with Crippen molar-refractivity contribution in [2.45, 2.75) is 58.7 Å². The average Bonchev–Trinajstić information content (AvgIpc) is 2.70. The van der Waals surface area contributed by atoms with E-state index in [1.807, 2.05) is 26.8 Å². The highest BCUT2D eigenvalue weighted by Gasteiger charge is 2.17. The molecule has 1 rings (SSSR count). The van der Waals surface area contributed by atoms with Gasteiger partial charge >= 0.3 is 6.09 Å². The van der Waals surface area contributed by atoms with Gasteiger partial charge in [-0.25, -0.2) is 4.79 Å². The Kier molecular flexibility index (Phi) is 7.93. The van der Waals surface area contributed by atoms with E-state index in [0.29, 0.717) is 17.8 Å². The molecule has 1 atom stereocenters. The van der Waals surface area contributed by atoms with Crippen LogP contribution in [-0.4, -0.2) is 24.3 Å². The van der Waals surface area contributed by atoms with Gasteiger partial charge in [0.05, 0.1) is 11.0 Å². The number of nitrogens with one attached hydrogen (secondary N) is 2. The summed E-state index contributed by atoms with van der Waals surface area (Å²) in [5, 5.41) is 6.19. The number of alkyl carbamates (subject to hydrolysis) is 1. The molecule has 1 aromatic rings. The molecule has 126 valence electrons. The van der Waals surface area contributed by atoms with Crippen LogP contribution in [-0.2, 0) is 11.3 Å². The molecule has 0 aliphatic carbocycles. The van der Waals surface area contributed by atoms with Gasteiger partial charge in [0.1, 0.15) is 11.4 Å². The van der Waals surface area contributed by atoms with E-state index in [9.17, 15) is 4.79 Å². The smallest absolute Gasteiger partial charge is 0.407 e. The van der Waals surface area contributed by atoms with Gasteiger partial charge in [-0.2, -0.15) is 0 Å². The normalized spacial score (nSPS) is 13.0. The SMILES string of the molecule is CCCC(CNC(=O)OC(C)(C)C)NCc1cc(Br)c(Br)o1. The molecule has 1 amide bonds. The molecule has 2 N–H and O–H groups in total. The van der Waals surface area contributed by atoms with Crippen LogP contribution in [0.4, 0.5) is 4.79 Å². The molecule has 0 aliphatic heterocycles. The summed E-state index contributed by atoms with van der Waals surface area (Å²) < 4.78 is 12.3. The zero-order valence-corrected chi connectivity index (χ0v) is 16.6. The molecule has 22 heavy (non-hydrogen) atoms. The van der Waals surface area contributed by atoms with Crippen molar-refractivity contribution in [2.75, 3.05) is 6.54 Å². The number of rotatable bonds is 7. The first-order valence-electron chi connectivity index (χ1n) is 7.35. The third-order valence-corrected chi connectivity index (χ3v) is 4.50. The molecule has 0 bridgehead atoms. The minimum Gasteiger partial charge on any atom is -0.452 e. The summed E-state index contributed by atoms with van der Waals surface area (Å²) in [4.78, 5) is 11.7. The van der Waals surface area contributed by atoms with Crippen molar-refractivity contribution in [1.29, 1.82) is 0 Å². The largest absolute Gasteiger partial charge is 0.452 e.